The second-order valence-corrected chi connectivity index (χ2v) is 6.88. The molecule has 1 aliphatic heterocycles. The highest BCUT2D eigenvalue weighted by molar-refractivity contribution is 6.31. The van der Waals surface area contributed by atoms with Gasteiger partial charge in [-0.3, -0.25) is 4.79 Å². The third kappa shape index (κ3) is 3.27. The van der Waals surface area contributed by atoms with Gasteiger partial charge in [-0.05, 0) is 23.4 Å². The first-order chi connectivity index (χ1) is 14.0. The molecule has 1 atom stereocenters. The molecule has 0 fully saturated rings. The Morgan fingerprint density at radius 2 is 1.86 bits per heavy atom. The van der Waals surface area contributed by atoms with Crippen molar-refractivity contribution in [3.8, 4) is 0 Å². The Hall–Kier alpha value is -3.52. The van der Waals surface area contributed by atoms with Gasteiger partial charge in [-0.25, -0.2) is 4.79 Å². The van der Waals surface area contributed by atoms with E-state index in [1.807, 2.05) is 19.1 Å². The number of aromatic nitrogens is 4. The van der Waals surface area contributed by atoms with Gasteiger partial charge in [-0.15, -0.1) is 0 Å². The molecule has 0 spiro atoms. The van der Waals surface area contributed by atoms with Crippen LogP contribution in [0.5, 0.6) is 0 Å². The van der Waals surface area contributed by atoms with Crippen molar-refractivity contribution in [1.82, 2.24) is 20.2 Å². The number of esters is 1. The van der Waals surface area contributed by atoms with Crippen LogP contribution in [0.2, 0.25) is 5.02 Å². The Kier molecular flexibility index (Phi) is 4.85. The number of methoxy groups -OCH3 is 1. The molecule has 0 bridgehead atoms. The number of anilines is 1. The SMILES string of the molecule is COC(=O)C1=C(C(=O)c2ccc(C)cc2)C(c2ccccc2Cl)n2nnnc2N1. The van der Waals surface area contributed by atoms with Gasteiger partial charge in [-0.1, -0.05) is 64.7 Å². The molecule has 1 N–H and O–H groups in total. The van der Waals surface area contributed by atoms with Crippen LogP contribution in [-0.2, 0) is 9.53 Å². The van der Waals surface area contributed by atoms with Gasteiger partial charge in [0.2, 0.25) is 5.95 Å². The summed E-state index contributed by atoms with van der Waals surface area (Å²) < 4.78 is 6.33. The van der Waals surface area contributed by atoms with Crippen molar-refractivity contribution < 1.29 is 14.3 Å². The number of hydrogen-bond acceptors (Lipinski definition) is 7. The third-order valence-corrected chi connectivity index (χ3v) is 5.01. The van der Waals surface area contributed by atoms with Gasteiger partial charge < -0.3 is 10.1 Å². The van der Waals surface area contributed by atoms with Gasteiger partial charge >= 0.3 is 5.97 Å². The number of nitrogens with one attached hydrogen (secondary N) is 1. The molecule has 1 unspecified atom stereocenters. The van der Waals surface area contributed by atoms with Crippen LogP contribution in [0, 0.1) is 6.92 Å². The van der Waals surface area contributed by atoms with Crippen LogP contribution >= 0.6 is 11.6 Å². The average molecular weight is 410 g/mol. The molecule has 0 saturated heterocycles. The van der Waals surface area contributed by atoms with Crippen molar-refractivity contribution in [1.29, 1.82) is 0 Å². The van der Waals surface area contributed by atoms with Gasteiger partial charge in [0.15, 0.2) is 5.78 Å². The number of allylic oxidation sites excluding steroid dienone is 1. The Labute approximate surface area is 171 Å². The summed E-state index contributed by atoms with van der Waals surface area (Å²) in [6, 6.07) is 13.3. The van der Waals surface area contributed by atoms with Crippen molar-refractivity contribution >= 4 is 29.3 Å². The number of Topliss-reactive ketones (excluding diaryl/α,β-unsaturated/α-hetero) is 1. The van der Waals surface area contributed by atoms with Gasteiger partial charge in [0, 0.05) is 16.1 Å². The molecule has 9 heteroatoms. The number of rotatable bonds is 4. The molecule has 3 aromatic rings. The molecule has 2 aromatic carbocycles. The summed E-state index contributed by atoms with van der Waals surface area (Å²) in [6.45, 7) is 1.93. The number of ether oxygens (including phenoxy) is 1. The molecule has 0 aliphatic carbocycles. The number of carbonyl (C=O) groups is 2. The first-order valence-corrected chi connectivity index (χ1v) is 9.12. The Morgan fingerprint density at radius 1 is 1.14 bits per heavy atom. The second kappa shape index (κ2) is 7.48. The fourth-order valence-corrected chi connectivity index (χ4v) is 3.47. The minimum Gasteiger partial charge on any atom is -0.464 e. The summed E-state index contributed by atoms with van der Waals surface area (Å²) in [5.74, 6) is -0.855. The van der Waals surface area contributed by atoms with Gasteiger partial charge in [0.1, 0.15) is 11.7 Å². The van der Waals surface area contributed by atoms with Crippen molar-refractivity contribution in [3.63, 3.8) is 0 Å². The zero-order valence-electron chi connectivity index (χ0n) is 15.6. The van der Waals surface area contributed by atoms with Gasteiger partial charge in [0.05, 0.1) is 12.7 Å². The van der Waals surface area contributed by atoms with E-state index in [1.54, 1.807) is 36.4 Å². The summed E-state index contributed by atoms with van der Waals surface area (Å²) >= 11 is 6.44. The highest BCUT2D eigenvalue weighted by Crippen LogP contribution is 2.39. The monoisotopic (exact) mass is 409 g/mol. The lowest BCUT2D eigenvalue weighted by Gasteiger charge is -2.28. The number of fused-ring (bicyclic) bond motifs is 1. The van der Waals surface area contributed by atoms with E-state index in [0.717, 1.165) is 5.56 Å². The number of halogens is 1. The van der Waals surface area contributed by atoms with Crippen LogP contribution in [0.3, 0.4) is 0 Å². The lowest BCUT2D eigenvalue weighted by molar-refractivity contribution is -0.136. The smallest absolute Gasteiger partial charge is 0.355 e. The topological polar surface area (TPSA) is 99.0 Å². The fourth-order valence-electron chi connectivity index (χ4n) is 3.23. The average Bonchev–Trinajstić information content (AvgIpc) is 3.21. The molecule has 1 aliphatic rings. The van der Waals surface area contributed by atoms with E-state index < -0.39 is 12.0 Å². The zero-order chi connectivity index (χ0) is 20.5. The number of nitrogens with zero attached hydrogens (tertiary/aromatic N) is 4. The van der Waals surface area contributed by atoms with Crippen LogP contribution < -0.4 is 5.32 Å². The maximum Gasteiger partial charge on any atom is 0.355 e. The molecular weight excluding hydrogens is 394 g/mol. The minimum atomic E-state index is -0.808. The molecule has 1 aromatic heterocycles. The van der Waals surface area contributed by atoms with Crippen LogP contribution in [0.15, 0.2) is 59.8 Å². The van der Waals surface area contributed by atoms with Crippen molar-refractivity contribution in [2.24, 2.45) is 0 Å². The maximum atomic E-state index is 13.5. The van der Waals surface area contributed by atoms with Gasteiger partial charge in [0.25, 0.3) is 0 Å². The van der Waals surface area contributed by atoms with Crippen LogP contribution in [-0.4, -0.2) is 39.1 Å². The molecule has 29 heavy (non-hydrogen) atoms. The predicted molar refractivity (Wildman–Crippen MR) is 106 cm³/mol. The fraction of sp³-hybridized carbons (Fsp3) is 0.150. The van der Waals surface area contributed by atoms with E-state index in [9.17, 15) is 9.59 Å². The highest BCUT2D eigenvalue weighted by Gasteiger charge is 2.39. The Morgan fingerprint density at radius 3 is 2.55 bits per heavy atom. The van der Waals surface area contributed by atoms with E-state index >= 15 is 0 Å². The number of aryl methyl sites for hydroxylation is 1. The van der Waals surface area contributed by atoms with E-state index in [0.29, 0.717) is 16.1 Å². The molecule has 0 radical (unpaired) electrons. The standard InChI is InChI=1S/C20H16ClN5O3/c1-11-7-9-12(10-8-11)18(27)15-16(19(28)29-2)22-20-23-24-25-26(20)17(15)13-5-3-4-6-14(13)21/h3-10,17H,1-2H3,(H,22,23,25). The molecule has 0 saturated carbocycles. The van der Waals surface area contributed by atoms with E-state index in [1.165, 1.54) is 11.8 Å². The van der Waals surface area contributed by atoms with E-state index in [2.05, 4.69) is 20.8 Å². The van der Waals surface area contributed by atoms with Crippen LogP contribution in [0.1, 0.15) is 27.5 Å². The highest BCUT2D eigenvalue weighted by atomic mass is 35.5. The van der Waals surface area contributed by atoms with Crippen LogP contribution in [0.4, 0.5) is 5.95 Å². The lowest BCUT2D eigenvalue weighted by Crippen LogP contribution is -2.33. The summed E-state index contributed by atoms with van der Waals surface area (Å²) in [7, 11) is 1.24. The van der Waals surface area contributed by atoms with Crippen molar-refractivity contribution in [2.45, 2.75) is 13.0 Å². The molecule has 8 nitrogen and oxygen atoms in total. The Bertz CT molecular complexity index is 1140. The summed E-state index contributed by atoms with van der Waals surface area (Å²) in [4.78, 5) is 26.1. The maximum absolute atomic E-state index is 13.5. The minimum absolute atomic E-state index is 0.0229. The summed E-state index contributed by atoms with van der Waals surface area (Å²) in [5.41, 5.74) is 2.14. The number of ketones is 1. The van der Waals surface area contributed by atoms with Gasteiger partial charge in [-0.2, -0.15) is 4.68 Å². The lowest BCUT2D eigenvalue weighted by atomic mass is 9.89. The quantitative estimate of drug-likeness (QED) is 0.522. The van der Waals surface area contributed by atoms with E-state index in [-0.39, 0.29) is 23.0 Å². The van der Waals surface area contributed by atoms with Crippen molar-refractivity contribution in [2.75, 3.05) is 12.4 Å². The summed E-state index contributed by atoms with van der Waals surface area (Å²) in [6.07, 6.45) is 0. The Balaban J connectivity index is 1.97. The largest absolute Gasteiger partial charge is 0.464 e. The van der Waals surface area contributed by atoms with Crippen LogP contribution in [0.25, 0.3) is 0 Å². The van der Waals surface area contributed by atoms with Crippen molar-refractivity contribution in [3.05, 3.63) is 81.5 Å². The third-order valence-electron chi connectivity index (χ3n) is 4.66. The first kappa shape index (κ1) is 18.8. The second-order valence-electron chi connectivity index (χ2n) is 6.47. The number of carbonyl (C=O) groups excluding carboxylic acids is 2. The molecule has 0 amide bonds. The normalized spacial score (nSPS) is 15.5. The molecule has 4 rings (SSSR count). The molecule has 146 valence electrons. The summed E-state index contributed by atoms with van der Waals surface area (Å²) in [5, 5.41) is 14.8. The zero-order valence-corrected chi connectivity index (χ0v) is 16.3. The van der Waals surface area contributed by atoms with E-state index in [4.69, 9.17) is 16.3 Å². The number of hydrogen-bond donors (Lipinski definition) is 1. The molecular formula is C20H16ClN5O3. The number of benzene rings is 2. The predicted octanol–water partition coefficient (Wildman–Crippen LogP) is 2.96. The molecule has 2 heterocycles. The number of tetrazole rings is 1. The first-order valence-electron chi connectivity index (χ1n) is 8.74.